The third-order valence-corrected chi connectivity index (χ3v) is 3.43. The predicted molar refractivity (Wildman–Crippen MR) is 91.6 cm³/mol. The Balaban J connectivity index is 1.79. The molecule has 0 saturated heterocycles. The molecule has 3 rings (SSSR count). The quantitative estimate of drug-likeness (QED) is 0.729. The summed E-state index contributed by atoms with van der Waals surface area (Å²) in [6.07, 6.45) is 1.69. The Morgan fingerprint density at radius 3 is 2.56 bits per heavy atom. The minimum atomic E-state index is 0.184. The topological polar surface area (TPSA) is 109 Å². The molecule has 130 valence electrons. The van der Waals surface area contributed by atoms with E-state index < -0.39 is 0 Å². The summed E-state index contributed by atoms with van der Waals surface area (Å²) in [5.74, 6) is 0.935. The Labute approximate surface area is 145 Å². The first-order valence-corrected chi connectivity index (χ1v) is 7.78. The molecule has 0 spiro atoms. The lowest BCUT2D eigenvalue weighted by molar-refractivity contribution is 0.0657. The van der Waals surface area contributed by atoms with Crippen LogP contribution in [0.3, 0.4) is 0 Å². The molecular formula is C17H19N5O3. The monoisotopic (exact) mass is 341 g/mol. The fourth-order valence-corrected chi connectivity index (χ4v) is 2.11. The molecule has 0 aliphatic carbocycles. The molecule has 0 aliphatic rings. The Morgan fingerprint density at radius 1 is 1.16 bits per heavy atom. The summed E-state index contributed by atoms with van der Waals surface area (Å²) in [4.78, 5) is 12.4. The van der Waals surface area contributed by atoms with E-state index in [1.807, 2.05) is 38.1 Å². The summed E-state index contributed by atoms with van der Waals surface area (Å²) >= 11 is 0. The number of benzene rings is 1. The van der Waals surface area contributed by atoms with Crippen LogP contribution < -0.4 is 10.5 Å². The van der Waals surface area contributed by atoms with Crippen molar-refractivity contribution in [2.24, 2.45) is 0 Å². The summed E-state index contributed by atoms with van der Waals surface area (Å²) in [5.41, 5.74) is 8.25. The van der Waals surface area contributed by atoms with Crippen molar-refractivity contribution in [3.05, 3.63) is 36.0 Å². The summed E-state index contributed by atoms with van der Waals surface area (Å²) in [5, 5.41) is 3.95. The number of hydrogen-bond acceptors (Lipinski definition) is 8. The summed E-state index contributed by atoms with van der Waals surface area (Å²) in [6, 6.07) is 7.93. The maximum absolute atomic E-state index is 5.89. The van der Waals surface area contributed by atoms with Gasteiger partial charge in [-0.15, -0.1) is 0 Å². The molecule has 0 bridgehead atoms. The molecule has 0 aliphatic heterocycles. The number of rotatable bonds is 6. The van der Waals surface area contributed by atoms with Crippen LogP contribution in [0.5, 0.6) is 6.01 Å². The molecule has 0 amide bonds. The van der Waals surface area contributed by atoms with Crippen molar-refractivity contribution in [2.75, 3.05) is 12.8 Å². The molecule has 0 saturated carbocycles. The highest BCUT2D eigenvalue weighted by Gasteiger charge is 2.15. The fraction of sp³-hybridized carbons (Fsp3) is 0.294. The number of anilines is 1. The molecule has 2 N–H and O–H groups in total. The van der Waals surface area contributed by atoms with E-state index in [4.69, 9.17) is 19.7 Å². The van der Waals surface area contributed by atoms with Gasteiger partial charge in [-0.05, 0) is 31.5 Å². The van der Waals surface area contributed by atoms with Crippen molar-refractivity contribution in [1.82, 2.24) is 20.1 Å². The standard InChI is InChI=1S/C17H19N5O3/c1-10(2)24-9-11-4-6-12(7-5-11)16-21-15(22-25-16)13-8-19-17(23-3)20-14(13)18/h4-8,10H,9H2,1-3H3,(H2,18,19,20). The van der Waals surface area contributed by atoms with Gasteiger partial charge in [-0.2, -0.15) is 9.97 Å². The molecule has 3 aromatic rings. The fourth-order valence-electron chi connectivity index (χ4n) is 2.11. The van der Waals surface area contributed by atoms with Gasteiger partial charge in [0.25, 0.3) is 5.89 Å². The van der Waals surface area contributed by atoms with Crippen molar-refractivity contribution in [3.63, 3.8) is 0 Å². The zero-order valence-corrected chi connectivity index (χ0v) is 14.3. The minimum absolute atomic E-state index is 0.184. The predicted octanol–water partition coefficient (Wildman–Crippen LogP) is 2.71. The van der Waals surface area contributed by atoms with Gasteiger partial charge in [0.15, 0.2) is 0 Å². The largest absolute Gasteiger partial charge is 0.467 e. The van der Waals surface area contributed by atoms with Crippen LogP contribution in [-0.4, -0.2) is 33.3 Å². The van der Waals surface area contributed by atoms with Gasteiger partial charge in [-0.3, -0.25) is 0 Å². The number of ether oxygens (including phenoxy) is 2. The van der Waals surface area contributed by atoms with Crippen LogP contribution >= 0.6 is 0 Å². The molecule has 1 aromatic carbocycles. The molecule has 2 heterocycles. The molecule has 8 nitrogen and oxygen atoms in total. The zero-order chi connectivity index (χ0) is 17.8. The van der Waals surface area contributed by atoms with E-state index in [9.17, 15) is 0 Å². The number of nitrogens with zero attached hydrogens (tertiary/aromatic N) is 4. The molecule has 0 atom stereocenters. The highest BCUT2D eigenvalue weighted by molar-refractivity contribution is 5.68. The highest BCUT2D eigenvalue weighted by atomic mass is 16.5. The van der Waals surface area contributed by atoms with E-state index in [2.05, 4.69) is 20.1 Å². The van der Waals surface area contributed by atoms with E-state index in [-0.39, 0.29) is 17.9 Å². The normalized spacial score (nSPS) is 11.0. The average Bonchev–Trinajstić information content (AvgIpc) is 3.10. The van der Waals surface area contributed by atoms with Crippen LogP contribution in [0, 0.1) is 0 Å². The van der Waals surface area contributed by atoms with Crippen LogP contribution in [0.4, 0.5) is 5.82 Å². The Bertz CT molecular complexity index is 846. The van der Waals surface area contributed by atoms with Crippen molar-refractivity contribution in [2.45, 2.75) is 26.6 Å². The minimum Gasteiger partial charge on any atom is -0.467 e. The summed E-state index contributed by atoms with van der Waals surface area (Å²) in [7, 11) is 1.47. The molecule has 8 heteroatoms. The third kappa shape index (κ3) is 3.92. The molecule has 0 fully saturated rings. The maximum atomic E-state index is 5.89. The van der Waals surface area contributed by atoms with E-state index in [1.54, 1.807) is 0 Å². The first kappa shape index (κ1) is 16.8. The number of nitrogens with two attached hydrogens (primary N) is 1. The van der Waals surface area contributed by atoms with Gasteiger partial charge in [0.2, 0.25) is 5.82 Å². The lowest BCUT2D eigenvalue weighted by Gasteiger charge is -2.07. The van der Waals surface area contributed by atoms with Gasteiger partial charge < -0.3 is 19.7 Å². The number of hydrogen-bond donors (Lipinski definition) is 1. The van der Waals surface area contributed by atoms with Crippen molar-refractivity contribution < 1.29 is 14.0 Å². The summed E-state index contributed by atoms with van der Waals surface area (Å²) < 4.78 is 15.8. The van der Waals surface area contributed by atoms with Gasteiger partial charge in [0.05, 0.1) is 25.4 Å². The van der Waals surface area contributed by atoms with Crippen LogP contribution in [-0.2, 0) is 11.3 Å². The Hall–Kier alpha value is -3.00. The molecule has 0 unspecified atom stereocenters. The SMILES string of the molecule is COc1ncc(-c2noc(-c3ccc(COC(C)C)cc3)n2)c(N)n1. The van der Waals surface area contributed by atoms with Gasteiger partial charge >= 0.3 is 6.01 Å². The lowest BCUT2D eigenvalue weighted by atomic mass is 10.1. The molecule has 2 aromatic heterocycles. The van der Waals surface area contributed by atoms with Crippen molar-refractivity contribution >= 4 is 5.82 Å². The average molecular weight is 341 g/mol. The smallest absolute Gasteiger partial charge is 0.318 e. The Morgan fingerprint density at radius 2 is 1.92 bits per heavy atom. The molecule has 25 heavy (non-hydrogen) atoms. The third-order valence-electron chi connectivity index (χ3n) is 3.43. The van der Waals surface area contributed by atoms with E-state index >= 15 is 0 Å². The van der Waals surface area contributed by atoms with Crippen molar-refractivity contribution in [3.8, 4) is 28.9 Å². The number of aromatic nitrogens is 4. The molecule has 0 radical (unpaired) electrons. The second kappa shape index (κ2) is 7.27. The van der Waals surface area contributed by atoms with E-state index in [1.165, 1.54) is 13.3 Å². The van der Waals surface area contributed by atoms with Gasteiger partial charge in [-0.25, -0.2) is 4.98 Å². The van der Waals surface area contributed by atoms with Crippen LogP contribution in [0.2, 0.25) is 0 Å². The molecular weight excluding hydrogens is 322 g/mol. The highest BCUT2D eigenvalue weighted by Crippen LogP contribution is 2.25. The summed E-state index contributed by atoms with van der Waals surface area (Å²) in [6.45, 7) is 4.57. The second-order valence-corrected chi connectivity index (χ2v) is 5.64. The van der Waals surface area contributed by atoms with Gasteiger partial charge in [-0.1, -0.05) is 17.3 Å². The Kier molecular flexibility index (Phi) is 4.90. The number of nitrogen functional groups attached to an aromatic ring is 1. The number of methoxy groups -OCH3 is 1. The van der Waals surface area contributed by atoms with Crippen LogP contribution in [0.15, 0.2) is 35.0 Å². The second-order valence-electron chi connectivity index (χ2n) is 5.64. The first-order chi connectivity index (χ1) is 12.1. The zero-order valence-electron chi connectivity index (χ0n) is 14.3. The first-order valence-electron chi connectivity index (χ1n) is 7.78. The van der Waals surface area contributed by atoms with Crippen molar-refractivity contribution in [1.29, 1.82) is 0 Å². The van der Waals surface area contributed by atoms with Gasteiger partial charge in [0.1, 0.15) is 5.82 Å². The maximum Gasteiger partial charge on any atom is 0.318 e. The van der Waals surface area contributed by atoms with E-state index in [0.717, 1.165) is 11.1 Å². The van der Waals surface area contributed by atoms with E-state index in [0.29, 0.717) is 23.9 Å². The van der Waals surface area contributed by atoms with Gasteiger partial charge in [0, 0.05) is 11.8 Å². The van der Waals surface area contributed by atoms with Crippen LogP contribution in [0.1, 0.15) is 19.4 Å². The lowest BCUT2D eigenvalue weighted by Crippen LogP contribution is -2.01. The van der Waals surface area contributed by atoms with Crippen LogP contribution in [0.25, 0.3) is 22.8 Å².